The van der Waals surface area contributed by atoms with Crippen molar-refractivity contribution in [3.8, 4) is 22.6 Å². The maximum Gasteiger partial charge on any atom is 0.143 e. The number of phenols is 1. The Morgan fingerprint density at radius 2 is 1.39 bits per heavy atom. The van der Waals surface area contributed by atoms with Crippen LogP contribution in [0, 0.1) is 0 Å². The van der Waals surface area contributed by atoms with E-state index in [4.69, 9.17) is 4.74 Å². The molecule has 0 aliphatic rings. The van der Waals surface area contributed by atoms with Crippen molar-refractivity contribution in [1.82, 2.24) is 0 Å². The minimum Gasteiger partial charge on any atom is -0.506 e. The summed E-state index contributed by atoms with van der Waals surface area (Å²) in [5.74, 6) is 1.03. The molecule has 0 aliphatic heterocycles. The summed E-state index contributed by atoms with van der Waals surface area (Å²) in [7, 11) is 0. The van der Waals surface area contributed by atoms with Gasteiger partial charge >= 0.3 is 0 Å². The maximum absolute atomic E-state index is 9.79. The molecule has 0 radical (unpaired) electrons. The summed E-state index contributed by atoms with van der Waals surface area (Å²) < 4.78 is 7.11. The topological polar surface area (TPSA) is 29.5 Å². The standard InChI is InChI=1S/C19H14Br2O2/c20-17-10-15(11-18(21)19(17)22)14-6-8-16(9-7-14)23-12-13-4-2-1-3-5-13/h1-11,22H,12H2. The second-order valence-electron chi connectivity index (χ2n) is 5.09. The highest BCUT2D eigenvalue weighted by Gasteiger charge is 2.07. The minimum absolute atomic E-state index is 0.205. The second-order valence-corrected chi connectivity index (χ2v) is 6.80. The van der Waals surface area contributed by atoms with Crippen molar-refractivity contribution in [3.05, 3.63) is 81.2 Å². The fraction of sp³-hybridized carbons (Fsp3) is 0.0526. The Hall–Kier alpha value is -1.78. The molecule has 0 amide bonds. The summed E-state index contributed by atoms with van der Waals surface area (Å²) in [5, 5.41) is 9.79. The van der Waals surface area contributed by atoms with E-state index in [1.165, 1.54) is 0 Å². The zero-order valence-electron chi connectivity index (χ0n) is 12.2. The summed E-state index contributed by atoms with van der Waals surface area (Å²) in [4.78, 5) is 0. The Labute approximate surface area is 152 Å². The SMILES string of the molecule is Oc1c(Br)cc(-c2ccc(OCc3ccccc3)cc2)cc1Br. The predicted molar refractivity (Wildman–Crippen MR) is 99.7 cm³/mol. The van der Waals surface area contributed by atoms with Crippen LogP contribution in [0.5, 0.6) is 11.5 Å². The van der Waals surface area contributed by atoms with Gasteiger partial charge in [0.15, 0.2) is 0 Å². The van der Waals surface area contributed by atoms with Gasteiger partial charge in [-0.25, -0.2) is 0 Å². The summed E-state index contributed by atoms with van der Waals surface area (Å²) in [5.41, 5.74) is 3.21. The van der Waals surface area contributed by atoms with E-state index in [0.29, 0.717) is 15.6 Å². The molecule has 0 fully saturated rings. The second kappa shape index (κ2) is 7.20. The molecule has 0 saturated carbocycles. The van der Waals surface area contributed by atoms with E-state index < -0.39 is 0 Å². The fourth-order valence-electron chi connectivity index (χ4n) is 2.22. The lowest BCUT2D eigenvalue weighted by molar-refractivity contribution is 0.306. The van der Waals surface area contributed by atoms with E-state index in [0.717, 1.165) is 22.4 Å². The zero-order valence-corrected chi connectivity index (χ0v) is 15.3. The Kier molecular flexibility index (Phi) is 5.03. The molecular weight excluding hydrogens is 420 g/mol. The van der Waals surface area contributed by atoms with Gasteiger partial charge in [-0.1, -0.05) is 42.5 Å². The van der Waals surface area contributed by atoms with Gasteiger partial charge in [0.1, 0.15) is 18.1 Å². The van der Waals surface area contributed by atoms with Crippen molar-refractivity contribution in [3.63, 3.8) is 0 Å². The smallest absolute Gasteiger partial charge is 0.143 e. The van der Waals surface area contributed by atoms with Gasteiger partial charge in [0.05, 0.1) is 8.95 Å². The van der Waals surface area contributed by atoms with Gasteiger partial charge in [0, 0.05) is 0 Å². The van der Waals surface area contributed by atoms with E-state index in [1.54, 1.807) is 0 Å². The largest absolute Gasteiger partial charge is 0.506 e. The van der Waals surface area contributed by atoms with Crippen LogP contribution in [0.15, 0.2) is 75.7 Å². The van der Waals surface area contributed by atoms with Crippen LogP contribution in [0.1, 0.15) is 5.56 Å². The van der Waals surface area contributed by atoms with Crippen molar-refractivity contribution >= 4 is 31.9 Å². The molecule has 3 aromatic carbocycles. The van der Waals surface area contributed by atoms with E-state index >= 15 is 0 Å². The minimum atomic E-state index is 0.205. The molecular formula is C19H14Br2O2. The molecule has 0 saturated heterocycles. The number of ether oxygens (including phenoxy) is 1. The van der Waals surface area contributed by atoms with Gasteiger partial charge in [0.2, 0.25) is 0 Å². The van der Waals surface area contributed by atoms with Crippen LogP contribution in [0.2, 0.25) is 0 Å². The van der Waals surface area contributed by atoms with E-state index in [2.05, 4.69) is 31.9 Å². The Morgan fingerprint density at radius 3 is 2.00 bits per heavy atom. The molecule has 0 bridgehead atoms. The molecule has 0 aromatic heterocycles. The van der Waals surface area contributed by atoms with Crippen LogP contribution >= 0.6 is 31.9 Å². The number of hydrogen-bond donors (Lipinski definition) is 1. The highest BCUT2D eigenvalue weighted by molar-refractivity contribution is 9.11. The zero-order chi connectivity index (χ0) is 16.2. The van der Waals surface area contributed by atoms with Gasteiger partial charge in [-0.3, -0.25) is 0 Å². The first kappa shape index (κ1) is 16.1. The number of phenolic OH excluding ortho intramolecular Hbond substituents is 1. The van der Waals surface area contributed by atoms with Gasteiger partial charge in [-0.2, -0.15) is 0 Å². The summed E-state index contributed by atoms with van der Waals surface area (Å²) >= 11 is 6.71. The number of halogens is 2. The third kappa shape index (κ3) is 3.95. The number of hydrogen-bond acceptors (Lipinski definition) is 2. The molecule has 0 unspecified atom stereocenters. The average Bonchev–Trinajstić information content (AvgIpc) is 2.59. The Balaban J connectivity index is 1.74. The van der Waals surface area contributed by atoms with Crippen molar-refractivity contribution in [2.45, 2.75) is 6.61 Å². The molecule has 0 spiro atoms. The Bertz CT molecular complexity index is 776. The molecule has 0 aliphatic carbocycles. The maximum atomic E-state index is 9.79. The van der Waals surface area contributed by atoms with E-state index in [9.17, 15) is 5.11 Å². The first-order valence-corrected chi connectivity index (χ1v) is 8.67. The van der Waals surface area contributed by atoms with Crippen molar-refractivity contribution in [2.24, 2.45) is 0 Å². The quantitative estimate of drug-likeness (QED) is 0.533. The first-order valence-electron chi connectivity index (χ1n) is 7.08. The number of rotatable bonds is 4. The Morgan fingerprint density at radius 1 is 0.783 bits per heavy atom. The fourth-order valence-corrected chi connectivity index (χ4v) is 3.40. The average molecular weight is 434 g/mol. The van der Waals surface area contributed by atoms with Crippen LogP contribution < -0.4 is 4.74 Å². The number of aromatic hydroxyl groups is 1. The van der Waals surface area contributed by atoms with Crippen molar-refractivity contribution in [1.29, 1.82) is 0 Å². The molecule has 0 heterocycles. The predicted octanol–water partition coefficient (Wildman–Crippen LogP) is 6.16. The van der Waals surface area contributed by atoms with E-state index in [1.807, 2.05) is 66.7 Å². The molecule has 0 atom stereocenters. The summed E-state index contributed by atoms with van der Waals surface area (Å²) in [6.45, 7) is 0.552. The van der Waals surface area contributed by atoms with Crippen LogP contribution in [0.3, 0.4) is 0 Å². The lowest BCUT2D eigenvalue weighted by Crippen LogP contribution is -1.94. The van der Waals surface area contributed by atoms with Crippen molar-refractivity contribution < 1.29 is 9.84 Å². The lowest BCUT2D eigenvalue weighted by Gasteiger charge is -2.09. The van der Waals surface area contributed by atoms with Crippen LogP contribution in [-0.2, 0) is 6.61 Å². The van der Waals surface area contributed by atoms with Gasteiger partial charge in [-0.05, 0) is 72.8 Å². The molecule has 3 rings (SSSR count). The molecule has 23 heavy (non-hydrogen) atoms. The third-order valence-corrected chi connectivity index (χ3v) is 4.66. The molecule has 1 N–H and O–H groups in total. The monoisotopic (exact) mass is 432 g/mol. The summed E-state index contributed by atoms with van der Waals surface area (Å²) in [6, 6.07) is 21.8. The lowest BCUT2D eigenvalue weighted by atomic mass is 10.1. The van der Waals surface area contributed by atoms with Gasteiger partial charge in [-0.15, -0.1) is 0 Å². The van der Waals surface area contributed by atoms with Crippen molar-refractivity contribution in [2.75, 3.05) is 0 Å². The molecule has 3 aromatic rings. The molecule has 4 heteroatoms. The molecule has 2 nitrogen and oxygen atoms in total. The highest BCUT2D eigenvalue weighted by Crippen LogP contribution is 2.37. The number of benzene rings is 3. The summed E-state index contributed by atoms with van der Waals surface area (Å²) in [6.07, 6.45) is 0. The van der Waals surface area contributed by atoms with Gasteiger partial charge < -0.3 is 9.84 Å². The van der Waals surface area contributed by atoms with Crippen LogP contribution in [0.4, 0.5) is 0 Å². The highest BCUT2D eigenvalue weighted by atomic mass is 79.9. The normalized spacial score (nSPS) is 10.5. The van der Waals surface area contributed by atoms with Gasteiger partial charge in [0.25, 0.3) is 0 Å². The van der Waals surface area contributed by atoms with Crippen LogP contribution in [0.25, 0.3) is 11.1 Å². The first-order chi connectivity index (χ1) is 11.1. The van der Waals surface area contributed by atoms with E-state index in [-0.39, 0.29) is 5.75 Å². The molecule has 116 valence electrons. The van der Waals surface area contributed by atoms with Crippen LogP contribution in [-0.4, -0.2) is 5.11 Å². The third-order valence-electron chi connectivity index (χ3n) is 3.45.